The number of imidazole rings is 2. The van der Waals surface area contributed by atoms with Crippen LogP contribution >= 0.6 is 0 Å². The monoisotopic (exact) mass is 563 g/mol. The molecule has 0 atom stereocenters. The van der Waals surface area contributed by atoms with Crippen LogP contribution in [0.25, 0.3) is 28.4 Å². The van der Waals surface area contributed by atoms with Crippen LogP contribution in [0, 0.1) is 0 Å². The number of nitrogens with one attached hydrogen (secondary N) is 1. The second kappa shape index (κ2) is 9.71. The maximum Gasteiger partial charge on any atom is 0.434 e. The molecule has 11 nitrogen and oxygen atoms in total. The van der Waals surface area contributed by atoms with Crippen molar-refractivity contribution < 1.29 is 22.6 Å². The number of hydrogen-bond acceptors (Lipinski definition) is 9. The third-order valence-corrected chi connectivity index (χ3v) is 7.09. The Morgan fingerprint density at radius 2 is 2.02 bits per heavy atom. The van der Waals surface area contributed by atoms with Crippen molar-refractivity contribution in [3.8, 4) is 34.4 Å². The summed E-state index contributed by atoms with van der Waals surface area (Å²) in [5.74, 6) is 2.32. The van der Waals surface area contributed by atoms with Gasteiger partial charge in [-0.15, -0.1) is 5.10 Å². The molecule has 7 rings (SSSR count). The van der Waals surface area contributed by atoms with Crippen molar-refractivity contribution in [3.05, 3.63) is 60.1 Å². The van der Waals surface area contributed by atoms with Crippen LogP contribution in [0.2, 0.25) is 0 Å². The molecule has 5 aromatic rings. The van der Waals surface area contributed by atoms with Gasteiger partial charge in [-0.25, -0.2) is 29.4 Å². The fourth-order valence-corrected chi connectivity index (χ4v) is 4.99. The second-order valence-corrected chi connectivity index (χ2v) is 9.92. The number of anilines is 1. The molecule has 0 spiro atoms. The van der Waals surface area contributed by atoms with Crippen LogP contribution in [0.1, 0.15) is 42.1 Å². The fourth-order valence-electron chi connectivity index (χ4n) is 4.99. The number of alkyl halides is 3. The van der Waals surface area contributed by atoms with Gasteiger partial charge in [0.25, 0.3) is 0 Å². The topological polar surface area (TPSA) is 117 Å². The van der Waals surface area contributed by atoms with Crippen molar-refractivity contribution in [1.82, 2.24) is 39.1 Å². The number of nitrogens with zero attached hydrogens (tertiary/aromatic N) is 8. The van der Waals surface area contributed by atoms with Gasteiger partial charge in [-0.05, 0) is 37.0 Å². The van der Waals surface area contributed by atoms with Gasteiger partial charge in [-0.1, -0.05) is 6.07 Å². The standard InChI is InChI=1S/C27H24F3N9O2/c1-40-26-20(21(16-4-5-16)33-14-34-26)22-36-23(25-31-7-9-39(25)37-22)32-12-15-3-6-17-18(11-15)41-10-2-8-38-13-19(27(28,29)30)35-24(17)38/h3,6-7,9,11,13-14,16H,2,4-5,8,10,12H2,1H3,(H,32,36,37). The smallest absolute Gasteiger partial charge is 0.434 e. The predicted molar refractivity (Wildman–Crippen MR) is 140 cm³/mol. The molecule has 1 aliphatic carbocycles. The Labute approximate surface area is 231 Å². The lowest BCUT2D eigenvalue weighted by molar-refractivity contribution is -0.140. The Balaban J connectivity index is 1.22. The van der Waals surface area contributed by atoms with Crippen molar-refractivity contribution in [2.24, 2.45) is 0 Å². The molecule has 4 aromatic heterocycles. The maximum absolute atomic E-state index is 13.4. The van der Waals surface area contributed by atoms with E-state index in [0.717, 1.165) is 30.3 Å². The van der Waals surface area contributed by atoms with E-state index in [0.29, 0.717) is 72.1 Å². The van der Waals surface area contributed by atoms with E-state index in [1.54, 1.807) is 30.1 Å². The lowest BCUT2D eigenvalue weighted by Gasteiger charge is -2.18. The molecule has 5 heterocycles. The van der Waals surface area contributed by atoms with Crippen molar-refractivity contribution in [2.75, 3.05) is 19.0 Å². The average molecular weight is 564 g/mol. The number of rotatable bonds is 6. The maximum atomic E-state index is 13.4. The van der Waals surface area contributed by atoms with E-state index >= 15 is 0 Å². The summed E-state index contributed by atoms with van der Waals surface area (Å²) in [4.78, 5) is 21.9. The molecule has 0 unspecified atom stereocenters. The first-order chi connectivity index (χ1) is 19.9. The Morgan fingerprint density at radius 1 is 1.15 bits per heavy atom. The molecule has 1 saturated carbocycles. The van der Waals surface area contributed by atoms with Gasteiger partial charge in [0, 0.05) is 37.6 Å². The van der Waals surface area contributed by atoms with Crippen LogP contribution in [0.4, 0.5) is 19.0 Å². The molecule has 0 amide bonds. The molecule has 1 N–H and O–H groups in total. The lowest BCUT2D eigenvalue weighted by atomic mass is 10.1. The molecule has 0 bridgehead atoms. The number of aryl methyl sites for hydroxylation is 1. The van der Waals surface area contributed by atoms with E-state index in [4.69, 9.17) is 14.5 Å². The minimum atomic E-state index is -4.52. The minimum Gasteiger partial charge on any atom is -0.493 e. The normalized spacial score (nSPS) is 15.0. The van der Waals surface area contributed by atoms with Crippen LogP contribution in [0.5, 0.6) is 11.6 Å². The number of ether oxygens (including phenoxy) is 2. The Hall–Kier alpha value is -4.75. The van der Waals surface area contributed by atoms with Gasteiger partial charge >= 0.3 is 6.18 Å². The van der Waals surface area contributed by atoms with Crippen molar-refractivity contribution in [3.63, 3.8) is 0 Å². The minimum absolute atomic E-state index is 0.233. The molecule has 41 heavy (non-hydrogen) atoms. The molecular formula is C27H24F3N9O2. The van der Waals surface area contributed by atoms with Crippen LogP contribution in [-0.4, -0.2) is 52.8 Å². The summed E-state index contributed by atoms with van der Waals surface area (Å²) < 4.78 is 54.7. The number of hydrogen-bond donors (Lipinski definition) is 1. The SMILES string of the molecule is COc1ncnc(C2CC2)c1-c1nc(NCc2ccc3c(c2)OCCCn2cc(C(F)(F)F)nc2-3)c2nccn2n1. The van der Waals surface area contributed by atoms with Gasteiger partial charge in [-0.3, -0.25) is 0 Å². The highest BCUT2D eigenvalue weighted by molar-refractivity contribution is 5.71. The zero-order chi connectivity index (χ0) is 28.1. The molecule has 0 saturated heterocycles. The van der Waals surface area contributed by atoms with Gasteiger partial charge in [0.2, 0.25) is 5.88 Å². The van der Waals surface area contributed by atoms with Gasteiger partial charge < -0.3 is 19.4 Å². The average Bonchev–Trinajstić information content (AvgIpc) is 3.54. The van der Waals surface area contributed by atoms with Gasteiger partial charge in [0.15, 0.2) is 23.0 Å². The quantitative estimate of drug-likeness (QED) is 0.313. The predicted octanol–water partition coefficient (Wildman–Crippen LogP) is 4.74. The summed E-state index contributed by atoms with van der Waals surface area (Å²) in [5.41, 5.74) is 2.46. The molecular weight excluding hydrogens is 539 g/mol. The Bertz CT molecular complexity index is 1760. The third kappa shape index (κ3) is 4.68. The number of fused-ring (bicyclic) bond motifs is 4. The van der Waals surface area contributed by atoms with Crippen molar-refractivity contribution >= 4 is 11.5 Å². The van der Waals surface area contributed by atoms with Crippen LogP contribution in [0.15, 0.2) is 43.1 Å². The van der Waals surface area contributed by atoms with Gasteiger partial charge in [0.1, 0.15) is 23.5 Å². The number of benzene rings is 1. The fraction of sp³-hybridized carbons (Fsp3) is 0.333. The summed E-state index contributed by atoms with van der Waals surface area (Å²) in [6.45, 7) is 1.10. The Kier molecular flexibility index (Phi) is 5.98. The molecule has 1 aromatic carbocycles. The highest BCUT2D eigenvalue weighted by atomic mass is 19.4. The van der Waals surface area contributed by atoms with E-state index in [-0.39, 0.29) is 5.82 Å². The highest BCUT2D eigenvalue weighted by Crippen LogP contribution is 2.45. The molecule has 14 heteroatoms. The highest BCUT2D eigenvalue weighted by Gasteiger charge is 2.36. The van der Waals surface area contributed by atoms with E-state index < -0.39 is 11.9 Å². The van der Waals surface area contributed by atoms with Crippen molar-refractivity contribution in [1.29, 1.82) is 0 Å². The third-order valence-electron chi connectivity index (χ3n) is 7.09. The first-order valence-electron chi connectivity index (χ1n) is 13.1. The zero-order valence-electron chi connectivity index (χ0n) is 21.9. The zero-order valence-corrected chi connectivity index (χ0v) is 21.9. The van der Waals surface area contributed by atoms with E-state index in [1.807, 2.05) is 12.1 Å². The largest absolute Gasteiger partial charge is 0.493 e. The lowest BCUT2D eigenvalue weighted by Crippen LogP contribution is -2.11. The van der Waals surface area contributed by atoms with Crippen LogP contribution < -0.4 is 14.8 Å². The molecule has 2 aliphatic rings. The first-order valence-corrected chi connectivity index (χ1v) is 13.1. The molecule has 1 fully saturated rings. The van der Waals surface area contributed by atoms with E-state index in [1.165, 1.54) is 10.9 Å². The van der Waals surface area contributed by atoms with E-state index in [9.17, 15) is 13.2 Å². The molecule has 210 valence electrons. The summed E-state index contributed by atoms with van der Waals surface area (Å²) in [7, 11) is 1.55. The first kappa shape index (κ1) is 25.2. The summed E-state index contributed by atoms with van der Waals surface area (Å²) in [6, 6.07) is 5.37. The van der Waals surface area contributed by atoms with Crippen LogP contribution in [0.3, 0.4) is 0 Å². The molecule has 1 aliphatic heterocycles. The number of halogens is 3. The van der Waals surface area contributed by atoms with Crippen LogP contribution in [-0.2, 0) is 19.3 Å². The summed E-state index contributed by atoms with van der Waals surface area (Å²) >= 11 is 0. The summed E-state index contributed by atoms with van der Waals surface area (Å²) in [5, 5.41) is 7.99. The number of aromatic nitrogens is 8. The van der Waals surface area contributed by atoms with Gasteiger partial charge in [0.05, 0.1) is 25.0 Å². The summed E-state index contributed by atoms with van der Waals surface area (Å²) in [6.07, 6.45) is 4.01. The second-order valence-electron chi connectivity index (χ2n) is 9.92. The van der Waals surface area contributed by atoms with Crippen molar-refractivity contribution in [2.45, 2.75) is 44.4 Å². The van der Waals surface area contributed by atoms with E-state index in [2.05, 4.69) is 30.4 Å². The Morgan fingerprint density at radius 3 is 2.83 bits per heavy atom. The molecule has 0 radical (unpaired) electrons. The number of methoxy groups -OCH3 is 1. The van der Waals surface area contributed by atoms with Gasteiger partial charge in [-0.2, -0.15) is 13.2 Å².